The molecule has 1 aromatic heterocycles. The summed E-state index contributed by atoms with van der Waals surface area (Å²) in [5.41, 5.74) is 0.998. The van der Waals surface area contributed by atoms with Gasteiger partial charge in [0.05, 0.1) is 6.07 Å². The smallest absolute Gasteiger partial charge is 0.149 e. The first-order valence-electron chi connectivity index (χ1n) is 5.92. The van der Waals surface area contributed by atoms with E-state index in [9.17, 15) is 5.26 Å². The molecule has 0 saturated heterocycles. The van der Waals surface area contributed by atoms with Crippen molar-refractivity contribution < 1.29 is 0 Å². The molecule has 0 aliphatic rings. The standard InChI is InChI=1S/C15H15N3S/c1-15(11-16,12-5-4-8-17-10-12)18-13-6-3-7-14(9-13)19-2/h3-10,18H,1-2H3. The maximum Gasteiger partial charge on any atom is 0.149 e. The van der Waals surface area contributed by atoms with Crippen LogP contribution in [0, 0.1) is 11.3 Å². The number of hydrogen-bond donors (Lipinski definition) is 1. The van der Waals surface area contributed by atoms with Crippen LogP contribution in [0.15, 0.2) is 53.7 Å². The molecule has 0 spiro atoms. The molecule has 0 aliphatic heterocycles. The number of benzene rings is 1. The Kier molecular flexibility index (Phi) is 4.08. The van der Waals surface area contributed by atoms with Gasteiger partial charge in [-0.1, -0.05) is 12.1 Å². The van der Waals surface area contributed by atoms with Crippen molar-refractivity contribution in [3.8, 4) is 6.07 Å². The molecule has 2 rings (SSSR count). The largest absolute Gasteiger partial charge is 0.364 e. The topological polar surface area (TPSA) is 48.7 Å². The monoisotopic (exact) mass is 269 g/mol. The maximum atomic E-state index is 9.48. The van der Waals surface area contributed by atoms with E-state index >= 15 is 0 Å². The van der Waals surface area contributed by atoms with Gasteiger partial charge in [-0.05, 0) is 37.4 Å². The van der Waals surface area contributed by atoms with Crippen LogP contribution in [-0.2, 0) is 5.54 Å². The van der Waals surface area contributed by atoms with Crippen molar-refractivity contribution >= 4 is 17.4 Å². The van der Waals surface area contributed by atoms with Crippen LogP contribution in [0.2, 0.25) is 0 Å². The summed E-state index contributed by atoms with van der Waals surface area (Å²) in [5, 5.41) is 12.8. The lowest BCUT2D eigenvalue weighted by Crippen LogP contribution is -2.30. The highest BCUT2D eigenvalue weighted by molar-refractivity contribution is 7.98. The Balaban J connectivity index is 2.31. The molecule has 1 heterocycles. The molecule has 0 radical (unpaired) electrons. The minimum atomic E-state index is -0.786. The molecule has 0 fully saturated rings. The highest BCUT2D eigenvalue weighted by Crippen LogP contribution is 2.27. The van der Waals surface area contributed by atoms with Crippen LogP contribution in [0.4, 0.5) is 5.69 Å². The molecular formula is C15H15N3S. The van der Waals surface area contributed by atoms with E-state index in [1.807, 2.05) is 49.6 Å². The van der Waals surface area contributed by atoms with E-state index in [-0.39, 0.29) is 0 Å². The normalized spacial score (nSPS) is 13.3. The summed E-state index contributed by atoms with van der Waals surface area (Å²) in [7, 11) is 0. The van der Waals surface area contributed by atoms with Crippen LogP contribution in [0.25, 0.3) is 0 Å². The summed E-state index contributed by atoms with van der Waals surface area (Å²) >= 11 is 1.68. The zero-order valence-electron chi connectivity index (χ0n) is 10.9. The number of anilines is 1. The predicted molar refractivity (Wildman–Crippen MR) is 79.0 cm³/mol. The number of hydrogen-bond acceptors (Lipinski definition) is 4. The number of nitriles is 1. The second-order valence-corrected chi connectivity index (χ2v) is 5.22. The number of nitrogens with zero attached hydrogens (tertiary/aromatic N) is 2. The first-order valence-corrected chi connectivity index (χ1v) is 7.14. The predicted octanol–water partition coefficient (Wildman–Crippen LogP) is 3.65. The third kappa shape index (κ3) is 3.07. The van der Waals surface area contributed by atoms with E-state index in [2.05, 4.69) is 16.4 Å². The fraction of sp³-hybridized carbons (Fsp3) is 0.200. The molecule has 1 unspecified atom stereocenters. The van der Waals surface area contributed by atoms with Gasteiger partial charge in [0.25, 0.3) is 0 Å². The first-order chi connectivity index (χ1) is 9.18. The molecule has 0 saturated carbocycles. The summed E-state index contributed by atoms with van der Waals surface area (Å²) < 4.78 is 0. The van der Waals surface area contributed by atoms with Crippen molar-refractivity contribution in [3.05, 3.63) is 54.4 Å². The van der Waals surface area contributed by atoms with Gasteiger partial charge in [-0.25, -0.2) is 0 Å². The molecule has 4 heteroatoms. The van der Waals surface area contributed by atoms with Gasteiger partial charge in [0, 0.05) is 28.5 Å². The van der Waals surface area contributed by atoms with E-state index < -0.39 is 5.54 Å². The third-order valence-corrected chi connectivity index (χ3v) is 3.65. The molecule has 3 nitrogen and oxygen atoms in total. The van der Waals surface area contributed by atoms with E-state index in [0.29, 0.717) is 0 Å². The van der Waals surface area contributed by atoms with Gasteiger partial charge in [0.2, 0.25) is 0 Å². The summed E-state index contributed by atoms with van der Waals surface area (Å²) in [6.07, 6.45) is 5.45. The second-order valence-electron chi connectivity index (χ2n) is 4.34. The van der Waals surface area contributed by atoms with Gasteiger partial charge in [0.1, 0.15) is 5.54 Å². The lowest BCUT2D eigenvalue weighted by atomic mass is 9.95. The van der Waals surface area contributed by atoms with E-state index in [1.165, 1.54) is 0 Å². The van der Waals surface area contributed by atoms with E-state index in [4.69, 9.17) is 0 Å². The van der Waals surface area contributed by atoms with Crippen LogP contribution in [0.1, 0.15) is 12.5 Å². The second kappa shape index (κ2) is 5.77. The zero-order valence-corrected chi connectivity index (χ0v) is 11.7. The van der Waals surface area contributed by atoms with Crippen molar-refractivity contribution in [1.29, 1.82) is 5.26 Å². The third-order valence-electron chi connectivity index (χ3n) is 2.93. The lowest BCUT2D eigenvalue weighted by molar-refractivity contribution is 0.702. The van der Waals surface area contributed by atoms with Crippen LogP contribution >= 0.6 is 11.8 Å². The first kappa shape index (κ1) is 13.4. The minimum Gasteiger partial charge on any atom is -0.364 e. The fourth-order valence-corrected chi connectivity index (χ4v) is 2.27. The zero-order chi connectivity index (χ0) is 13.7. The lowest BCUT2D eigenvalue weighted by Gasteiger charge is -2.24. The SMILES string of the molecule is CSc1cccc(NC(C)(C#N)c2cccnc2)c1. The number of pyridine rings is 1. The van der Waals surface area contributed by atoms with Crippen molar-refractivity contribution in [3.63, 3.8) is 0 Å². The van der Waals surface area contributed by atoms with Gasteiger partial charge < -0.3 is 5.32 Å². The van der Waals surface area contributed by atoms with Crippen molar-refractivity contribution in [2.24, 2.45) is 0 Å². The highest BCUT2D eigenvalue weighted by atomic mass is 32.2. The summed E-state index contributed by atoms with van der Waals surface area (Å²) in [5.74, 6) is 0. The molecule has 1 aromatic carbocycles. The Bertz CT molecular complexity index is 592. The molecule has 0 aliphatic carbocycles. The molecule has 1 atom stereocenters. The highest BCUT2D eigenvalue weighted by Gasteiger charge is 2.26. The van der Waals surface area contributed by atoms with E-state index in [1.54, 1.807) is 24.2 Å². The molecule has 1 N–H and O–H groups in total. The van der Waals surface area contributed by atoms with Gasteiger partial charge in [-0.15, -0.1) is 11.8 Å². The number of nitrogens with one attached hydrogen (secondary N) is 1. The molecule has 0 bridgehead atoms. The van der Waals surface area contributed by atoms with Crippen LogP contribution in [-0.4, -0.2) is 11.2 Å². The van der Waals surface area contributed by atoms with E-state index in [0.717, 1.165) is 16.1 Å². The maximum absolute atomic E-state index is 9.48. The summed E-state index contributed by atoms with van der Waals surface area (Å²) in [4.78, 5) is 5.24. The average Bonchev–Trinajstić information content (AvgIpc) is 2.48. The summed E-state index contributed by atoms with van der Waals surface area (Å²) in [6.45, 7) is 1.86. The molecule has 19 heavy (non-hydrogen) atoms. The summed E-state index contributed by atoms with van der Waals surface area (Å²) in [6, 6.07) is 14.1. The molecular weight excluding hydrogens is 254 g/mol. The van der Waals surface area contributed by atoms with Crippen LogP contribution < -0.4 is 5.32 Å². The molecule has 2 aromatic rings. The van der Waals surface area contributed by atoms with Gasteiger partial charge in [-0.2, -0.15) is 5.26 Å². The van der Waals surface area contributed by atoms with Crippen molar-refractivity contribution in [2.45, 2.75) is 17.4 Å². The molecule has 0 amide bonds. The molecule has 96 valence electrons. The van der Waals surface area contributed by atoms with Crippen molar-refractivity contribution in [2.75, 3.05) is 11.6 Å². The van der Waals surface area contributed by atoms with Crippen molar-refractivity contribution in [1.82, 2.24) is 4.98 Å². The Morgan fingerprint density at radius 1 is 1.32 bits per heavy atom. The fourth-order valence-electron chi connectivity index (χ4n) is 1.81. The number of aromatic nitrogens is 1. The van der Waals surface area contributed by atoms with Gasteiger partial charge in [0.15, 0.2) is 0 Å². The Morgan fingerprint density at radius 2 is 2.16 bits per heavy atom. The van der Waals surface area contributed by atoms with Gasteiger partial charge >= 0.3 is 0 Å². The quantitative estimate of drug-likeness (QED) is 0.861. The number of rotatable bonds is 4. The number of thioether (sulfide) groups is 1. The minimum absolute atomic E-state index is 0.786. The Labute approximate surface area is 117 Å². The van der Waals surface area contributed by atoms with Crippen LogP contribution in [0.5, 0.6) is 0 Å². The van der Waals surface area contributed by atoms with Gasteiger partial charge in [-0.3, -0.25) is 4.98 Å². The van der Waals surface area contributed by atoms with Crippen LogP contribution in [0.3, 0.4) is 0 Å². The average molecular weight is 269 g/mol. The Hall–Kier alpha value is -1.99. The Morgan fingerprint density at radius 3 is 2.79 bits per heavy atom.